The van der Waals surface area contributed by atoms with E-state index in [1.54, 1.807) is 0 Å². The predicted molar refractivity (Wildman–Crippen MR) is 57.5 cm³/mol. The van der Waals surface area contributed by atoms with Crippen molar-refractivity contribution >= 4 is 33.7 Å². The van der Waals surface area contributed by atoms with Gasteiger partial charge in [0, 0.05) is 12.1 Å². The fraction of sp³-hybridized carbons (Fsp3) is 0. The van der Waals surface area contributed by atoms with Crippen LogP contribution in [0.3, 0.4) is 0 Å². The van der Waals surface area contributed by atoms with Crippen LogP contribution in [-0.4, -0.2) is 16.0 Å². The monoisotopic (exact) mass is 271 g/mol. The molecule has 5 nitrogen and oxygen atoms in total. The smallest absolute Gasteiger partial charge is 0.328 e. The van der Waals surface area contributed by atoms with Crippen LogP contribution in [0, 0.1) is 10.1 Å². The number of aliphatic carboxylic acids is 1. The maximum Gasteiger partial charge on any atom is 0.328 e. The number of nitro groups is 1. The van der Waals surface area contributed by atoms with Crippen molar-refractivity contribution in [1.82, 2.24) is 0 Å². The van der Waals surface area contributed by atoms with Crippen molar-refractivity contribution in [2.24, 2.45) is 0 Å². The van der Waals surface area contributed by atoms with Crippen molar-refractivity contribution in [1.29, 1.82) is 0 Å². The van der Waals surface area contributed by atoms with E-state index in [0.29, 0.717) is 10.0 Å². The zero-order valence-corrected chi connectivity index (χ0v) is 8.97. The van der Waals surface area contributed by atoms with Gasteiger partial charge in [0.1, 0.15) is 0 Å². The summed E-state index contributed by atoms with van der Waals surface area (Å²) in [4.78, 5) is 20.2. The molecule has 0 aliphatic heterocycles. The number of rotatable bonds is 3. The number of carboxylic acids is 1. The van der Waals surface area contributed by atoms with E-state index in [1.807, 2.05) is 0 Å². The van der Waals surface area contributed by atoms with Gasteiger partial charge in [-0.3, -0.25) is 10.1 Å². The average Bonchev–Trinajstić information content (AvgIpc) is 2.14. The van der Waals surface area contributed by atoms with E-state index in [4.69, 9.17) is 5.11 Å². The quantitative estimate of drug-likeness (QED) is 0.520. The first kappa shape index (κ1) is 11.4. The zero-order valence-electron chi connectivity index (χ0n) is 7.38. The van der Waals surface area contributed by atoms with Crippen molar-refractivity contribution in [3.63, 3.8) is 0 Å². The van der Waals surface area contributed by atoms with Gasteiger partial charge in [-0.15, -0.1) is 0 Å². The standard InChI is InChI=1S/C9H6BrNO4/c10-7-5-6(2-4-9(12)13)1-3-8(7)11(14)15/h1-5H,(H,12,13). The van der Waals surface area contributed by atoms with Gasteiger partial charge in [0.05, 0.1) is 9.40 Å². The highest BCUT2D eigenvalue weighted by Crippen LogP contribution is 2.25. The Kier molecular flexibility index (Phi) is 3.56. The Morgan fingerprint density at radius 3 is 2.67 bits per heavy atom. The molecule has 1 aromatic carbocycles. The van der Waals surface area contributed by atoms with Gasteiger partial charge < -0.3 is 5.11 Å². The number of hydrogen-bond acceptors (Lipinski definition) is 3. The summed E-state index contributed by atoms with van der Waals surface area (Å²) < 4.78 is 0.319. The van der Waals surface area contributed by atoms with E-state index >= 15 is 0 Å². The average molecular weight is 272 g/mol. The number of carboxylic acid groups (broad SMARTS) is 1. The van der Waals surface area contributed by atoms with Crippen LogP contribution in [0.2, 0.25) is 0 Å². The normalized spacial score (nSPS) is 10.5. The summed E-state index contributed by atoms with van der Waals surface area (Å²) in [6, 6.07) is 4.27. The highest BCUT2D eigenvalue weighted by Gasteiger charge is 2.10. The van der Waals surface area contributed by atoms with Gasteiger partial charge in [0.15, 0.2) is 0 Å². The fourth-order valence-electron chi connectivity index (χ4n) is 0.942. The molecule has 1 aromatic rings. The molecule has 0 aromatic heterocycles. The van der Waals surface area contributed by atoms with Gasteiger partial charge in [-0.1, -0.05) is 0 Å². The Morgan fingerprint density at radius 1 is 1.53 bits per heavy atom. The SMILES string of the molecule is O=C(O)C=Cc1ccc([N+](=O)[O-])c(Br)c1. The van der Waals surface area contributed by atoms with E-state index < -0.39 is 10.9 Å². The summed E-state index contributed by atoms with van der Waals surface area (Å²) in [6.07, 6.45) is 2.32. The summed E-state index contributed by atoms with van der Waals surface area (Å²) in [5.41, 5.74) is 0.525. The molecule has 0 aliphatic carbocycles. The Morgan fingerprint density at radius 2 is 2.20 bits per heavy atom. The summed E-state index contributed by atoms with van der Waals surface area (Å²) in [7, 11) is 0. The Labute approximate surface area is 93.3 Å². The molecule has 0 amide bonds. The number of carbonyl (C=O) groups is 1. The number of halogens is 1. The molecule has 1 N–H and O–H groups in total. The van der Waals surface area contributed by atoms with Gasteiger partial charge in [0.25, 0.3) is 5.69 Å². The van der Waals surface area contributed by atoms with Crippen LogP contribution in [0.5, 0.6) is 0 Å². The van der Waals surface area contributed by atoms with Crippen molar-refractivity contribution in [2.75, 3.05) is 0 Å². The van der Waals surface area contributed by atoms with Crippen LogP contribution >= 0.6 is 15.9 Å². The van der Waals surface area contributed by atoms with Gasteiger partial charge in [0.2, 0.25) is 0 Å². The first-order valence-electron chi connectivity index (χ1n) is 3.85. The molecular formula is C9H6BrNO4. The molecule has 0 atom stereocenters. The Hall–Kier alpha value is -1.69. The molecule has 78 valence electrons. The largest absolute Gasteiger partial charge is 0.478 e. The molecule has 0 fully saturated rings. The second-order valence-corrected chi connectivity index (χ2v) is 3.49. The van der Waals surface area contributed by atoms with Gasteiger partial charge in [-0.25, -0.2) is 4.79 Å². The lowest BCUT2D eigenvalue weighted by atomic mass is 10.2. The lowest BCUT2D eigenvalue weighted by Gasteiger charge is -1.96. The second kappa shape index (κ2) is 4.70. The molecule has 0 aliphatic rings. The van der Waals surface area contributed by atoms with E-state index in [2.05, 4.69) is 15.9 Å². The van der Waals surface area contributed by atoms with Crippen molar-refractivity contribution < 1.29 is 14.8 Å². The summed E-state index contributed by atoms with van der Waals surface area (Å²) >= 11 is 3.03. The lowest BCUT2D eigenvalue weighted by Crippen LogP contribution is -1.90. The van der Waals surface area contributed by atoms with Gasteiger partial charge in [-0.2, -0.15) is 0 Å². The van der Waals surface area contributed by atoms with E-state index in [0.717, 1.165) is 6.08 Å². The minimum atomic E-state index is -1.07. The van der Waals surface area contributed by atoms with Gasteiger partial charge >= 0.3 is 5.97 Å². The molecule has 1 rings (SSSR count). The van der Waals surface area contributed by atoms with Crippen LogP contribution in [0.25, 0.3) is 6.08 Å². The first-order chi connectivity index (χ1) is 7.00. The molecule has 0 saturated carbocycles. The third-order valence-electron chi connectivity index (χ3n) is 1.59. The highest BCUT2D eigenvalue weighted by molar-refractivity contribution is 9.10. The van der Waals surface area contributed by atoms with Crippen LogP contribution in [0.4, 0.5) is 5.69 Å². The summed E-state index contributed by atoms with van der Waals surface area (Å²) in [5, 5.41) is 18.8. The number of nitro benzene ring substituents is 1. The zero-order chi connectivity index (χ0) is 11.4. The minimum absolute atomic E-state index is 0.0533. The molecule has 6 heteroatoms. The molecule has 0 saturated heterocycles. The fourth-order valence-corrected chi connectivity index (χ4v) is 1.48. The molecule has 0 unspecified atom stereocenters. The lowest BCUT2D eigenvalue weighted by molar-refractivity contribution is -0.385. The van der Waals surface area contributed by atoms with E-state index in [1.165, 1.54) is 24.3 Å². The Bertz CT molecular complexity index is 442. The number of hydrogen-bond donors (Lipinski definition) is 1. The third kappa shape index (κ3) is 3.17. The van der Waals surface area contributed by atoms with E-state index in [9.17, 15) is 14.9 Å². The molecule has 0 bridgehead atoms. The third-order valence-corrected chi connectivity index (χ3v) is 2.22. The molecule has 0 heterocycles. The van der Waals surface area contributed by atoms with Gasteiger partial charge in [-0.05, 0) is 39.7 Å². The maximum absolute atomic E-state index is 10.5. The van der Waals surface area contributed by atoms with Crippen molar-refractivity contribution in [2.45, 2.75) is 0 Å². The topological polar surface area (TPSA) is 80.4 Å². The van der Waals surface area contributed by atoms with Crippen LogP contribution in [0.15, 0.2) is 28.7 Å². The molecular weight excluding hydrogens is 266 g/mol. The molecule has 0 spiro atoms. The first-order valence-corrected chi connectivity index (χ1v) is 4.65. The van der Waals surface area contributed by atoms with Crippen molar-refractivity contribution in [3.05, 3.63) is 44.4 Å². The van der Waals surface area contributed by atoms with Crippen LogP contribution in [-0.2, 0) is 4.79 Å². The highest BCUT2D eigenvalue weighted by atomic mass is 79.9. The maximum atomic E-state index is 10.5. The second-order valence-electron chi connectivity index (χ2n) is 2.64. The molecule has 0 radical (unpaired) electrons. The summed E-state index contributed by atoms with van der Waals surface area (Å²) in [5.74, 6) is -1.07. The minimum Gasteiger partial charge on any atom is -0.478 e. The predicted octanol–water partition coefficient (Wildman–Crippen LogP) is 2.46. The van der Waals surface area contributed by atoms with Crippen LogP contribution in [0.1, 0.15) is 5.56 Å². The van der Waals surface area contributed by atoms with E-state index in [-0.39, 0.29) is 5.69 Å². The Balaban J connectivity index is 3.01. The number of benzene rings is 1. The summed E-state index contributed by atoms with van der Waals surface area (Å²) in [6.45, 7) is 0. The van der Waals surface area contributed by atoms with Crippen molar-refractivity contribution in [3.8, 4) is 0 Å². The molecule has 15 heavy (non-hydrogen) atoms. The number of nitrogens with zero attached hydrogens (tertiary/aromatic N) is 1. The van der Waals surface area contributed by atoms with Crippen LogP contribution < -0.4 is 0 Å².